The van der Waals surface area contributed by atoms with Crippen molar-refractivity contribution >= 4 is 17.9 Å². The van der Waals surface area contributed by atoms with Crippen molar-refractivity contribution in [3.8, 4) is 0 Å². The van der Waals surface area contributed by atoms with E-state index >= 15 is 0 Å². The van der Waals surface area contributed by atoms with Gasteiger partial charge in [0.05, 0.1) is 0 Å². The summed E-state index contributed by atoms with van der Waals surface area (Å²) in [6.07, 6.45) is 74.3. The summed E-state index contributed by atoms with van der Waals surface area (Å²) >= 11 is 0. The molecule has 6 heteroatoms. The Morgan fingerprint density at radius 1 is 0.304 bits per heavy atom. The second-order valence-electron chi connectivity index (χ2n) is 19.3. The Bertz CT molecular complexity index is 1330. The number of rotatable bonds is 52. The maximum Gasteiger partial charge on any atom is 0.306 e. The summed E-state index contributed by atoms with van der Waals surface area (Å²) in [5.74, 6) is -0.964. The number of carbonyl (C=O) groups excluding carboxylic acids is 3. The van der Waals surface area contributed by atoms with Gasteiger partial charge in [-0.15, -0.1) is 0 Å². The number of hydrogen-bond donors (Lipinski definition) is 0. The first-order chi connectivity index (χ1) is 34.0. The predicted molar refractivity (Wildman–Crippen MR) is 297 cm³/mol. The minimum Gasteiger partial charge on any atom is -0.462 e. The van der Waals surface area contributed by atoms with Gasteiger partial charge in [0.1, 0.15) is 13.2 Å². The third-order valence-corrected chi connectivity index (χ3v) is 12.4. The van der Waals surface area contributed by atoms with Crippen molar-refractivity contribution in [3.05, 3.63) is 85.1 Å². The van der Waals surface area contributed by atoms with Gasteiger partial charge >= 0.3 is 17.9 Å². The second-order valence-corrected chi connectivity index (χ2v) is 19.3. The van der Waals surface area contributed by atoms with Crippen LogP contribution in [0.25, 0.3) is 0 Å². The van der Waals surface area contributed by atoms with E-state index in [1.165, 1.54) is 167 Å². The molecule has 0 saturated heterocycles. The summed E-state index contributed by atoms with van der Waals surface area (Å²) in [5, 5.41) is 0. The quantitative estimate of drug-likeness (QED) is 0.0199. The van der Waals surface area contributed by atoms with Gasteiger partial charge in [-0.05, 0) is 103 Å². The lowest BCUT2D eigenvalue weighted by molar-refractivity contribution is -0.167. The molecule has 0 aliphatic heterocycles. The van der Waals surface area contributed by atoms with Crippen LogP contribution in [0.15, 0.2) is 85.1 Å². The molecule has 0 aliphatic carbocycles. The fourth-order valence-electron chi connectivity index (χ4n) is 7.97. The molecule has 0 N–H and O–H groups in total. The number of ether oxygens (including phenoxy) is 3. The van der Waals surface area contributed by atoms with Gasteiger partial charge in [-0.1, -0.05) is 241 Å². The summed E-state index contributed by atoms with van der Waals surface area (Å²) < 4.78 is 16.8. The van der Waals surface area contributed by atoms with Gasteiger partial charge in [-0.3, -0.25) is 14.4 Å². The molecule has 0 aromatic rings. The van der Waals surface area contributed by atoms with Crippen LogP contribution in [0, 0.1) is 0 Å². The smallest absolute Gasteiger partial charge is 0.306 e. The van der Waals surface area contributed by atoms with Crippen molar-refractivity contribution in [2.75, 3.05) is 13.2 Å². The Kier molecular flexibility index (Phi) is 54.3. The summed E-state index contributed by atoms with van der Waals surface area (Å²) in [7, 11) is 0. The van der Waals surface area contributed by atoms with E-state index in [9.17, 15) is 14.4 Å². The first-order valence-electron chi connectivity index (χ1n) is 29.1. The Labute approximate surface area is 426 Å². The fraction of sp³-hybridized carbons (Fsp3) is 0.730. The maximum atomic E-state index is 12.8. The zero-order valence-electron chi connectivity index (χ0n) is 45.3. The molecule has 0 rings (SSSR count). The summed E-state index contributed by atoms with van der Waals surface area (Å²) in [6, 6.07) is 0. The largest absolute Gasteiger partial charge is 0.462 e. The number of hydrogen-bond acceptors (Lipinski definition) is 6. The molecule has 0 saturated carbocycles. The molecule has 0 amide bonds. The average Bonchev–Trinajstić information content (AvgIpc) is 3.35. The van der Waals surface area contributed by atoms with Crippen molar-refractivity contribution in [2.45, 2.75) is 284 Å². The first kappa shape index (κ1) is 65.6. The Balaban J connectivity index is 4.46. The Hall–Kier alpha value is -3.41. The van der Waals surface area contributed by atoms with E-state index in [1.54, 1.807) is 0 Å². The predicted octanol–water partition coefficient (Wildman–Crippen LogP) is 19.5. The van der Waals surface area contributed by atoms with Crippen LogP contribution < -0.4 is 0 Å². The average molecular weight is 962 g/mol. The van der Waals surface area contributed by atoms with Gasteiger partial charge in [0.2, 0.25) is 0 Å². The second kappa shape index (κ2) is 57.2. The van der Waals surface area contributed by atoms with E-state index in [2.05, 4.69) is 106 Å². The topological polar surface area (TPSA) is 78.9 Å². The van der Waals surface area contributed by atoms with Crippen LogP contribution in [-0.2, 0) is 28.6 Å². The van der Waals surface area contributed by atoms with Gasteiger partial charge in [-0.25, -0.2) is 0 Å². The minimum atomic E-state index is -0.810. The Morgan fingerprint density at radius 2 is 0.580 bits per heavy atom. The molecule has 0 bridgehead atoms. The van der Waals surface area contributed by atoms with Gasteiger partial charge < -0.3 is 14.2 Å². The van der Waals surface area contributed by atoms with Crippen molar-refractivity contribution in [3.63, 3.8) is 0 Å². The third-order valence-electron chi connectivity index (χ3n) is 12.4. The molecule has 0 aromatic heterocycles. The lowest BCUT2D eigenvalue weighted by Crippen LogP contribution is -2.30. The zero-order chi connectivity index (χ0) is 50.0. The fourth-order valence-corrected chi connectivity index (χ4v) is 7.97. The normalized spacial score (nSPS) is 12.7. The highest BCUT2D eigenvalue weighted by atomic mass is 16.6. The molecule has 1 unspecified atom stereocenters. The van der Waals surface area contributed by atoms with Gasteiger partial charge in [0.15, 0.2) is 6.10 Å². The molecule has 0 heterocycles. The number of allylic oxidation sites excluding steroid dienone is 14. The highest BCUT2D eigenvalue weighted by molar-refractivity contribution is 5.71. The van der Waals surface area contributed by atoms with Crippen LogP contribution in [-0.4, -0.2) is 37.2 Å². The van der Waals surface area contributed by atoms with Gasteiger partial charge in [0, 0.05) is 19.3 Å². The van der Waals surface area contributed by atoms with Crippen LogP contribution in [0.5, 0.6) is 0 Å². The highest BCUT2D eigenvalue weighted by Gasteiger charge is 2.19. The lowest BCUT2D eigenvalue weighted by atomic mass is 10.1. The van der Waals surface area contributed by atoms with E-state index in [0.717, 1.165) is 64.2 Å². The van der Waals surface area contributed by atoms with E-state index in [4.69, 9.17) is 14.2 Å². The lowest BCUT2D eigenvalue weighted by Gasteiger charge is -2.18. The summed E-state index contributed by atoms with van der Waals surface area (Å²) in [5.41, 5.74) is 0. The SMILES string of the molecule is CCCCC/C=C\C=C/CCCCCCCCCCCCC(=O)OCC(COC(=O)CCCCCCCC/C=C\C=C/CCCCC)OC(=O)CCC/C=C\C/C=C\C/C=C\CCCCCCCC. The van der Waals surface area contributed by atoms with Gasteiger partial charge in [0.25, 0.3) is 0 Å². The summed E-state index contributed by atoms with van der Waals surface area (Å²) in [6.45, 7) is 6.53. The van der Waals surface area contributed by atoms with Gasteiger partial charge in [-0.2, -0.15) is 0 Å². The van der Waals surface area contributed by atoms with Crippen LogP contribution in [0.2, 0.25) is 0 Å². The minimum absolute atomic E-state index is 0.102. The number of unbranched alkanes of at least 4 members (excludes halogenated alkanes) is 29. The van der Waals surface area contributed by atoms with E-state index in [0.29, 0.717) is 19.3 Å². The molecule has 0 fully saturated rings. The third kappa shape index (κ3) is 55.4. The summed E-state index contributed by atoms with van der Waals surface area (Å²) in [4.78, 5) is 38.2. The van der Waals surface area contributed by atoms with Crippen molar-refractivity contribution in [1.29, 1.82) is 0 Å². The molecular formula is C63H108O6. The van der Waals surface area contributed by atoms with Crippen molar-refractivity contribution in [2.24, 2.45) is 0 Å². The van der Waals surface area contributed by atoms with Crippen molar-refractivity contribution < 1.29 is 28.6 Å². The maximum absolute atomic E-state index is 12.8. The molecule has 1 atom stereocenters. The molecule has 6 nitrogen and oxygen atoms in total. The molecule has 396 valence electrons. The van der Waals surface area contributed by atoms with E-state index < -0.39 is 6.10 Å². The zero-order valence-corrected chi connectivity index (χ0v) is 45.3. The Morgan fingerprint density at radius 3 is 0.971 bits per heavy atom. The highest BCUT2D eigenvalue weighted by Crippen LogP contribution is 2.15. The molecule has 69 heavy (non-hydrogen) atoms. The monoisotopic (exact) mass is 961 g/mol. The number of carbonyl (C=O) groups is 3. The first-order valence-corrected chi connectivity index (χ1v) is 29.1. The molecular weight excluding hydrogens is 853 g/mol. The van der Waals surface area contributed by atoms with Crippen LogP contribution in [0.4, 0.5) is 0 Å². The van der Waals surface area contributed by atoms with E-state index in [1.807, 2.05) is 0 Å². The number of esters is 3. The standard InChI is InChI=1S/C63H108O6/c1-4-7-10-13-16-19-22-25-28-30-31-33-35-38-41-44-47-50-53-56-62(65)68-59-60(58-67-61(64)55-52-49-46-43-40-37-34-27-24-21-18-15-12-9-6-3)69-63(66)57-54-51-48-45-42-39-36-32-29-26-23-20-17-14-11-8-5-2/h16,18-19,21-22,24-27,29,36,39,45,48,60H,4-15,17,20,23,28,30-35,37-38,40-44,46-47,49-59H2,1-3H3/b19-16-,21-18-,25-22-,27-24-,29-26-,39-36-,48-45-. The molecule has 0 aromatic carbocycles. The molecule has 0 radical (unpaired) electrons. The van der Waals surface area contributed by atoms with Crippen molar-refractivity contribution in [1.82, 2.24) is 0 Å². The van der Waals surface area contributed by atoms with Crippen LogP contribution in [0.1, 0.15) is 278 Å². The van der Waals surface area contributed by atoms with Crippen LogP contribution >= 0.6 is 0 Å². The molecule has 0 aliphatic rings. The van der Waals surface area contributed by atoms with E-state index in [-0.39, 0.29) is 37.5 Å². The molecule has 0 spiro atoms. The van der Waals surface area contributed by atoms with Crippen LogP contribution in [0.3, 0.4) is 0 Å².